The maximum Gasteiger partial charge on any atom is 0.130 e. The summed E-state index contributed by atoms with van der Waals surface area (Å²) in [5.74, 6) is 0.508. The summed E-state index contributed by atoms with van der Waals surface area (Å²) in [4.78, 5) is 15.6. The smallest absolute Gasteiger partial charge is 0.130 e. The van der Waals surface area contributed by atoms with Gasteiger partial charge in [0.05, 0.1) is 12.0 Å². The van der Waals surface area contributed by atoms with Gasteiger partial charge in [-0.15, -0.1) is 0 Å². The molecule has 2 aromatic rings. The van der Waals surface area contributed by atoms with E-state index in [1.165, 1.54) is 5.56 Å². The zero-order valence-corrected chi connectivity index (χ0v) is 12.0. The second-order valence-electron chi connectivity index (χ2n) is 5.22. The van der Waals surface area contributed by atoms with Gasteiger partial charge in [-0.3, -0.25) is 0 Å². The highest BCUT2D eigenvalue weighted by atomic mass is 16.1. The highest BCUT2D eigenvalue weighted by Gasteiger charge is 2.10. The lowest BCUT2D eigenvalue weighted by Crippen LogP contribution is -2.00. The summed E-state index contributed by atoms with van der Waals surface area (Å²) < 4.78 is 2.02. The predicted octanol–water partition coefficient (Wildman–Crippen LogP) is 3.48. The lowest BCUT2D eigenvalue weighted by Gasteiger charge is -2.10. The highest BCUT2D eigenvalue weighted by molar-refractivity contribution is 5.76. The molecule has 0 N–H and O–H groups in total. The first-order valence-electron chi connectivity index (χ1n) is 6.56. The van der Waals surface area contributed by atoms with Crippen LogP contribution in [0.4, 0.5) is 0 Å². The van der Waals surface area contributed by atoms with Gasteiger partial charge in [0.2, 0.25) is 0 Å². The number of carbonyl (C=O) groups excluding carboxylic acids is 1. The van der Waals surface area contributed by atoms with Gasteiger partial charge < -0.3 is 9.36 Å². The molecule has 0 saturated carbocycles. The average Bonchev–Trinajstić information content (AvgIpc) is 2.69. The highest BCUT2D eigenvalue weighted by Crippen LogP contribution is 2.25. The molecule has 100 valence electrons. The topological polar surface area (TPSA) is 34.9 Å². The van der Waals surface area contributed by atoms with E-state index in [1.54, 1.807) is 6.92 Å². The van der Waals surface area contributed by atoms with Gasteiger partial charge in [0.25, 0.3) is 0 Å². The van der Waals surface area contributed by atoms with Crippen molar-refractivity contribution in [2.24, 2.45) is 7.05 Å². The largest absolute Gasteiger partial charge is 0.337 e. The summed E-state index contributed by atoms with van der Waals surface area (Å²) in [5, 5.41) is 0. The molecule has 1 unspecified atom stereocenters. The van der Waals surface area contributed by atoms with Crippen molar-refractivity contribution in [2.45, 2.75) is 33.1 Å². The van der Waals surface area contributed by atoms with Crippen LogP contribution in [-0.4, -0.2) is 15.3 Å². The molecule has 0 aliphatic heterocycles. The third-order valence-corrected chi connectivity index (χ3v) is 3.58. The number of imidazole rings is 1. The van der Waals surface area contributed by atoms with Crippen molar-refractivity contribution < 1.29 is 4.79 Å². The third kappa shape index (κ3) is 2.92. The van der Waals surface area contributed by atoms with E-state index in [2.05, 4.69) is 43.1 Å². The quantitative estimate of drug-likeness (QED) is 0.839. The maximum absolute atomic E-state index is 11.2. The van der Waals surface area contributed by atoms with E-state index in [-0.39, 0.29) is 11.7 Å². The Kier molecular flexibility index (Phi) is 3.84. The number of Topliss-reactive ketones (excluding diaryl/α,β-unsaturated/α-hetero) is 1. The zero-order chi connectivity index (χ0) is 14.0. The Morgan fingerprint density at radius 3 is 2.42 bits per heavy atom. The summed E-state index contributed by atoms with van der Waals surface area (Å²) >= 11 is 0. The van der Waals surface area contributed by atoms with Gasteiger partial charge in [-0.05, 0) is 25.3 Å². The molecule has 2 rings (SSSR count). The van der Waals surface area contributed by atoms with E-state index in [0.717, 1.165) is 17.0 Å². The number of aryl methyl sites for hydroxylation is 1. The zero-order valence-electron chi connectivity index (χ0n) is 12.0. The Morgan fingerprint density at radius 1 is 1.32 bits per heavy atom. The van der Waals surface area contributed by atoms with Crippen LogP contribution in [-0.2, 0) is 11.8 Å². The van der Waals surface area contributed by atoms with Crippen molar-refractivity contribution in [3.63, 3.8) is 0 Å². The van der Waals surface area contributed by atoms with Crippen LogP contribution < -0.4 is 0 Å². The lowest BCUT2D eigenvalue weighted by atomic mass is 9.95. The van der Waals surface area contributed by atoms with Gasteiger partial charge in [-0.25, -0.2) is 4.98 Å². The van der Waals surface area contributed by atoms with Crippen LogP contribution in [0.5, 0.6) is 0 Å². The first-order chi connectivity index (χ1) is 8.99. The molecule has 3 heteroatoms. The summed E-state index contributed by atoms with van der Waals surface area (Å²) in [5.41, 5.74) is 4.50. The van der Waals surface area contributed by atoms with Gasteiger partial charge in [-0.1, -0.05) is 31.2 Å². The van der Waals surface area contributed by atoms with Crippen molar-refractivity contribution in [2.75, 3.05) is 0 Å². The van der Waals surface area contributed by atoms with Gasteiger partial charge in [0.1, 0.15) is 5.78 Å². The fourth-order valence-corrected chi connectivity index (χ4v) is 2.29. The van der Waals surface area contributed by atoms with Crippen molar-refractivity contribution in [1.29, 1.82) is 0 Å². The summed E-state index contributed by atoms with van der Waals surface area (Å²) in [7, 11) is 2.00. The summed E-state index contributed by atoms with van der Waals surface area (Å²) in [6.45, 7) is 5.79. The van der Waals surface area contributed by atoms with E-state index >= 15 is 0 Å². The molecule has 1 atom stereocenters. The molecule has 3 nitrogen and oxygen atoms in total. The van der Waals surface area contributed by atoms with Gasteiger partial charge >= 0.3 is 0 Å². The number of nitrogens with zero attached hydrogens (tertiary/aromatic N) is 2. The number of aromatic nitrogens is 2. The van der Waals surface area contributed by atoms with Crippen molar-refractivity contribution in [3.05, 3.63) is 41.9 Å². The van der Waals surface area contributed by atoms with Crippen LogP contribution in [0.15, 0.2) is 30.6 Å². The van der Waals surface area contributed by atoms with Gasteiger partial charge in [-0.2, -0.15) is 0 Å². The van der Waals surface area contributed by atoms with E-state index in [0.29, 0.717) is 6.42 Å². The normalized spacial score (nSPS) is 12.4. The molecule has 0 fully saturated rings. The summed E-state index contributed by atoms with van der Waals surface area (Å²) in [6.07, 6.45) is 2.43. The number of hydrogen-bond donors (Lipinski definition) is 0. The van der Waals surface area contributed by atoms with E-state index in [9.17, 15) is 4.79 Å². The Balaban J connectivity index is 2.23. The number of rotatable bonds is 4. The van der Waals surface area contributed by atoms with Crippen molar-refractivity contribution in [1.82, 2.24) is 9.55 Å². The molecule has 1 aromatic carbocycles. The van der Waals surface area contributed by atoms with Crippen molar-refractivity contribution >= 4 is 5.78 Å². The second kappa shape index (κ2) is 5.39. The Labute approximate surface area is 114 Å². The molecule has 0 bridgehead atoms. The molecular weight excluding hydrogens is 236 g/mol. The third-order valence-electron chi connectivity index (χ3n) is 3.58. The fraction of sp³-hybridized carbons (Fsp3) is 0.375. The van der Waals surface area contributed by atoms with Crippen LogP contribution in [0.2, 0.25) is 0 Å². The Bertz CT molecular complexity index is 581. The monoisotopic (exact) mass is 256 g/mol. The van der Waals surface area contributed by atoms with Crippen LogP contribution in [0.3, 0.4) is 0 Å². The molecule has 1 heterocycles. The number of ketones is 1. The molecule has 0 spiro atoms. The molecule has 0 aliphatic rings. The predicted molar refractivity (Wildman–Crippen MR) is 77.1 cm³/mol. The van der Waals surface area contributed by atoms with E-state index in [4.69, 9.17) is 0 Å². The maximum atomic E-state index is 11.2. The Hall–Kier alpha value is -1.90. The van der Waals surface area contributed by atoms with E-state index < -0.39 is 0 Å². The minimum atomic E-state index is 0.233. The van der Waals surface area contributed by atoms with Gasteiger partial charge in [0.15, 0.2) is 0 Å². The van der Waals surface area contributed by atoms with Crippen molar-refractivity contribution in [3.8, 4) is 11.3 Å². The fourth-order valence-electron chi connectivity index (χ4n) is 2.29. The molecule has 1 aromatic heterocycles. The van der Waals surface area contributed by atoms with Gasteiger partial charge in [0, 0.05) is 24.7 Å². The Morgan fingerprint density at radius 2 is 1.95 bits per heavy atom. The minimum absolute atomic E-state index is 0.233. The van der Waals surface area contributed by atoms with Crippen LogP contribution in [0.25, 0.3) is 11.3 Å². The molecule has 0 amide bonds. The molecule has 19 heavy (non-hydrogen) atoms. The second-order valence-corrected chi connectivity index (χ2v) is 5.22. The average molecular weight is 256 g/mol. The number of benzene rings is 1. The molecule has 0 aliphatic carbocycles. The minimum Gasteiger partial charge on any atom is -0.337 e. The first kappa shape index (κ1) is 13.5. The number of hydrogen-bond acceptors (Lipinski definition) is 2. The SMILES string of the molecule is CC(=O)CC(C)c1ccc(-c2ncn(C)c2C)cc1. The first-order valence-corrected chi connectivity index (χ1v) is 6.56. The number of carbonyl (C=O) groups is 1. The van der Waals surface area contributed by atoms with Crippen LogP contribution in [0.1, 0.15) is 37.4 Å². The lowest BCUT2D eigenvalue weighted by molar-refractivity contribution is -0.117. The van der Waals surface area contributed by atoms with Crippen LogP contribution in [0, 0.1) is 6.92 Å². The molecule has 0 saturated heterocycles. The summed E-state index contributed by atoms with van der Waals surface area (Å²) in [6, 6.07) is 8.36. The molecule has 0 radical (unpaired) electrons. The van der Waals surface area contributed by atoms with Crippen LogP contribution >= 0.6 is 0 Å². The van der Waals surface area contributed by atoms with E-state index in [1.807, 2.05) is 17.9 Å². The standard InChI is InChI=1S/C16H20N2O/c1-11(9-12(2)19)14-5-7-15(8-6-14)16-13(3)18(4)10-17-16/h5-8,10-11H,9H2,1-4H3. The molecular formula is C16H20N2O.